The average molecular weight is 266 g/mol. The van der Waals surface area contributed by atoms with Gasteiger partial charge in [0, 0.05) is 5.41 Å². The predicted octanol–water partition coefficient (Wildman–Crippen LogP) is 4.20. The number of aliphatic hydroxyl groups is 1. The van der Waals surface area contributed by atoms with Crippen molar-refractivity contribution in [3.63, 3.8) is 0 Å². The summed E-state index contributed by atoms with van der Waals surface area (Å²) >= 11 is 0. The zero-order valence-electron chi connectivity index (χ0n) is 12.1. The molecule has 3 aliphatic rings. The van der Waals surface area contributed by atoms with E-state index in [2.05, 4.69) is 49.9 Å². The Morgan fingerprint density at radius 3 is 2.50 bits per heavy atom. The van der Waals surface area contributed by atoms with Gasteiger partial charge in [-0.1, -0.05) is 49.4 Å². The van der Waals surface area contributed by atoms with E-state index in [0.29, 0.717) is 11.3 Å². The number of rotatable bonds is 2. The SMILES string of the molecule is C=C[C@]1(O)CC[C@@H]2C3(CC3)C(c3ccccc3)=C[C@@]21C. The van der Waals surface area contributed by atoms with Crippen LogP contribution in [0.5, 0.6) is 0 Å². The van der Waals surface area contributed by atoms with Crippen molar-refractivity contribution in [1.82, 2.24) is 0 Å². The largest absolute Gasteiger partial charge is 0.385 e. The summed E-state index contributed by atoms with van der Waals surface area (Å²) in [5.74, 6) is 0.577. The van der Waals surface area contributed by atoms with Gasteiger partial charge in [-0.2, -0.15) is 0 Å². The van der Waals surface area contributed by atoms with Crippen molar-refractivity contribution >= 4 is 5.57 Å². The molecule has 3 aliphatic carbocycles. The first-order valence-corrected chi connectivity index (χ1v) is 7.70. The van der Waals surface area contributed by atoms with Gasteiger partial charge in [0.05, 0.1) is 5.60 Å². The number of allylic oxidation sites excluding steroid dienone is 1. The minimum absolute atomic E-state index is 0.142. The maximum Gasteiger partial charge on any atom is 0.0915 e. The first kappa shape index (κ1) is 12.4. The van der Waals surface area contributed by atoms with Crippen LogP contribution in [-0.4, -0.2) is 10.7 Å². The van der Waals surface area contributed by atoms with Crippen molar-refractivity contribution in [1.29, 1.82) is 0 Å². The second-order valence-electron chi connectivity index (χ2n) is 7.08. The standard InChI is InChI=1S/C19H22O/c1-3-19(20)10-9-16-17(19,2)13-15(18(16)11-12-18)14-7-5-4-6-8-14/h3-8,13,16,20H,1,9-12H2,2H3/t16-,17-,19-/m0/s1. The Kier molecular flexibility index (Phi) is 2.26. The summed E-state index contributed by atoms with van der Waals surface area (Å²) in [5, 5.41) is 11.0. The molecule has 0 aliphatic heterocycles. The third-order valence-electron chi connectivity index (χ3n) is 6.33. The van der Waals surface area contributed by atoms with Gasteiger partial charge in [-0.25, -0.2) is 0 Å². The highest BCUT2D eigenvalue weighted by Gasteiger charge is 2.69. The lowest BCUT2D eigenvalue weighted by Crippen LogP contribution is -2.41. The molecule has 0 unspecified atom stereocenters. The molecular weight excluding hydrogens is 244 g/mol. The molecule has 0 saturated heterocycles. The Balaban J connectivity index is 1.87. The van der Waals surface area contributed by atoms with E-state index in [9.17, 15) is 5.11 Å². The highest BCUT2D eigenvalue weighted by molar-refractivity contribution is 5.77. The molecule has 1 N–H and O–H groups in total. The minimum Gasteiger partial charge on any atom is -0.385 e. The van der Waals surface area contributed by atoms with Crippen LogP contribution in [0.1, 0.15) is 38.2 Å². The molecule has 2 saturated carbocycles. The fourth-order valence-electron chi connectivity index (χ4n) is 5.01. The van der Waals surface area contributed by atoms with Crippen LogP contribution >= 0.6 is 0 Å². The number of hydrogen-bond donors (Lipinski definition) is 1. The van der Waals surface area contributed by atoms with Crippen molar-refractivity contribution in [2.24, 2.45) is 16.7 Å². The first-order valence-electron chi connectivity index (χ1n) is 7.70. The third kappa shape index (κ3) is 1.27. The number of fused-ring (bicyclic) bond motifs is 2. The molecule has 0 amide bonds. The van der Waals surface area contributed by atoms with Crippen molar-refractivity contribution < 1.29 is 5.11 Å². The summed E-state index contributed by atoms with van der Waals surface area (Å²) in [5.41, 5.74) is 2.28. The molecule has 0 aromatic heterocycles. The van der Waals surface area contributed by atoms with Gasteiger partial charge < -0.3 is 5.11 Å². The zero-order chi connectivity index (χ0) is 14.0. The third-order valence-corrected chi connectivity index (χ3v) is 6.33. The van der Waals surface area contributed by atoms with E-state index < -0.39 is 5.60 Å². The summed E-state index contributed by atoms with van der Waals surface area (Å²) < 4.78 is 0. The Morgan fingerprint density at radius 2 is 1.90 bits per heavy atom. The van der Waals surface area contributed by atoms with Crippen molar-refractivity contribution in [2.75, 3.05) is 0 Å². The zero-order valence-corrected chi connectivity index (χ0v) is 12.1. The Morgan fingerprint density at radius 1 is 1.20 bits per heavy atom. The van der Waals surface area contributed by atoms with E-state index in [1.807, 2.05) is 0 Å². The Bertz CT molecular complexity index is 595. The van der Waals surface area contributed by atoms with Gasteiger partial charge in [-0.3, -0.25) is 0 Å². The molecule has 1 aromatic carbocycles. The summed E-state index contributed by atoms with van der Waals surface area (Å²) in [6, 6.07) is 10.7. The second kappa shape index (κ2) is 3.65. The van der Waals surface area contributed by atoms with Crippen molar-refractivity contribution in [3.05, 3.63) is 54.6 Å². The molecule has 4 rings (SSSR count). The molecule has 1 aromatic rings. The first-order chi connectivity index (χ1) is 9.56. The van der Waals surface area contributed by atoms with E-state index in [0.717, 1.165) is 12.8 Å². The van der Waals surface area contributed by atoms with E-state index in [-0.39, 0.29) is 5.41 Å². The number of hydrogen-bond acceptors (Lipinski definition) is 1. The summed E-state index contributed by atoms with van der Waals surface area (Å²) in [4.78, 5) is 0. The summed E-state index contributed by atoms with van der Waals surface area (Å²) in [6.07, 6.45) is 8.70. The van der Waals surface area contributed by atoms with Gasteiger partial charge in [0.2, 0.25) is 0 Å². The van der Waals surface area contributed by atoms with Crippen LogP contribution in [0.15, 0.2) is 49.1 Å². The molecule has 3 atom stereocenters. The second-order valence-corrected chi connectivity index (χ2v) is 7.08. The van der Waals surface area contributed by atoms with E-state index in [4.69, 9.17) is 0 Å². The lowest BCUT2D eigenvalue weighted by Gasteiger charge is -2.37. The minimum atomic E-state index is -0.732. The quantitative estimate of drug-likeness (QED) is 0.795. The molecule has 104 valence electrons. The molecule has 1 heteroatoms. The van der Waals surface area contributed by atoms with Crippen molar-refractivity contribution in [3.8, 4) is 0 Å². The van der Waals surface area contributed by atoms with Crippen LogP contribution in [0, 0.1) is 16.7 Å². The van der Waals surface area contributed by atoms with Crippen LogP contribution < -0.4 is 0 Å². The van der Waals surface area contributed by atoms with Crippen LogP contribution in [0.2, 0.25) is 0 Å². The fraction of sp³-hybridized carbons (Fsp3) is 0.474. The molecule has 20 heavy (non-hydrogen) atoms. The number of benzene rings is 1. The predicted molar refractivity (Wildman–Crippen MR) is 82.1 cm³/mol. The molecule has 1 spiro atoms. The van der Waals surface area contributed by atoms with Gasteiger partial charge in [-0.15, -0.1) is 6.58 Å². The normalized spacial score (nSPS) is 40.5. The maximum atomic E-state index is 11.0. The topological polar surface area (TPSA) is 20.2 Å². The van der Waals surface area contributed by atoms with Gasteiger partial charge in [0.25, 0.3) is 0 Å². The van der Waals surface area contributed by atoms with E-state index >= 15 is 0 Å². The van der Waals surface area contributed by atoms with Crippen molar-refractivity contribution in [2.45, 2.75) is 38.2 Å². The monoisotopic (exact) mass is 266 g/mol. The molecule has 2 fully saturated rings. The Hall–Kier alpha value is -1.34. The van der Waals surface area contributed by atoms with Crippen LogP contribution in [0.3, 0.4) is 0 Å². The lowest BCUT2D eigenvalue weighted by molar-refractivity contribution is 0.000987. The van der Waals surface area contributed by atoms with Gasteiger partial charge in [0.1, 0.15) is 0 Å². The average Bonchev–Trinajstić information content (AvgIpc) is 3.15. The van der Waals surface area contributed by atoms with Crippen LogP contribution in [0.25, 0.3) is 5.57 Å². The smallest absolute Gasteiger partial charge is 0.0915 e. The van der Waals surface area contributed by atoms with Gasteiger partial charge in [0.15, 0.2) is 0 Å². The highest BCUT2D eigenvalue weighted by atomic mass is 16.3. The Labute approximate surface area is 121 Å². The fourth-order valence-corrected chi connectivity index (χ4v) is 5.01. The van der Waals surface area contributed by atoms with E-state index in [1.165, 1.54) is 24.0 Å². The van der Waals surface area contributed by atoms with Gasteiger partial charge in [-0.05, 0) is 48.2 Å². The van der Waals surface area contributed by atoms with Crippen LogP contribution in [-0.2, 0) is 0 Å². The lowest BCUT2D eigenvalue weighted by atomic mass is 9.70. The molecule has 0 bridgehead atoms. The molecule has 1 nitrogen and oxygen atoms in total. The molecule has 0 heterocycles. The summed E-state index contributed by atoms with van der Waals surface area (Å²) in [7, 11) is 0. The molecule has 0 radical (unpaired) electrons. The van der Waals surface area contributed by atoms with Crippen LogP contribution in [0.4, 0.5) is 0 Å². The van der Waals surface area contributed by atoms with E-state index in [1.54, 1.807) is 6.08 Å². The summed E-state index contributed by atoms with van der Waals surface area (Å²) in [6.45, 7) is 6.15. The maximum absolute atomic E-state index is 11.0. The molecular formula is C19H22O. The van der Waals surface area contributed by atoms with Gasteiger partial charge >= 0.3 is 0 Å². The highest BCUT2D eigenvalue weighted by Crippen LogP contribution is 2.75.